The second kappa shape index (κ2) is 6.74. The number of ether oxygens (including phenoxy) is 1. The number of nitrogens with one attached hydrogen (secondary N) is 1. The topological polar surface area (TPSA) is 62.1 Å². The van der Waals surface area contributed by atoms with E-state index in [4.69, 9.17) is 10.00 Å². The Morgan fingerprint density at radius 1 is 1.24 bits per heavy atom. The van der Waals surface area contributed by atoms with Crippen molar-refractivity contribution < 1.29 is 9.53 Å². The van der Waals surface area contributed by atoms with Gasteiger partial charge < -0.3 is 10.1 Å². The minimum atomic E-state index is -0.287. The van der Waals surface area contributed by atoms with Gasteiger partial charge in [-0.05, 0) is 52.3 Å². The molecule has 106 valence electrons. The van der Waals surface area contributed by atoms with Crippen LogP contribution in [0.5, 0.6) is 5.75 Å². The molecule has 0 fully saturated rings. The van der Waals surface area contributed by atoms with Crippen molar-refractivity contribution in [2.45, 2.75) is 0 Å². The summed E-state index contributed by atoms with van der Waals surface area (Å²) in [7, 11) is 1.51. The summed E-state index contributed by atoms with van der Waals surface area (Å²) >= 11 is 6.66. The van der Waals surface area contributed by atoms with E-state index < -0.39 is 0 Å². The Balaban J connectivity index is 2.28. The fourth-order valence-corrected chi connectivity index (χ4v) is 2.55. The quantitative estimate of drug-likeness (QED) is 0.819. The van der Waals surface area contributed by atoms with Gasteiger partial charge in [-0.1, -0.05) is 15.9 Å². The molecule has 2 rings (SSSR count). The fourth-order valence-electron chi connectivity index (χ4n) is 1.73. The Morgan fingerprint density at radius 2 is 2.00 bits per heavy atom. The Hall–Kier alpha value is -1.84. The first kappa shape index (κ1) is 15.5. The number of rotatable bonds is 3. The van der Waals surface area contributed by atoms with Crippen LogP contribution in [0.1, 0.15) is 15.9 Å². The maximum Gasteiger partial charge on any atom is 0.259 e. The highest BCUT2D eigenvalue weighted by Gasteiger charge is 2.14. The Bertz CT molecular complexity index is 739. The van der Waals surface area contributed by atoms with Crippen LogP contribution in [-0.2, 0) is 0 Å². The second-order valence-electron chi connectivity index (χ2n) is 4.11. The van der Waals surface area contributed by atoms with E-state index in [0.29, 0.717) is 27.0 Å². The van der Waals surface area contributed by atoms with E-state index in [1.807, 2.05) is 6.07 Å². The number of halogens is 2. The zero-order valence-electron chi connectivity index (χ0n) is 11.0. The maximum atomic E-state index is 12.3. The molecule has 0 heterocycles. The number of benzene rings is 2. The van der Waals surface area contributed by atoms with Crippen molar-refractivity contribution >= 4 is 43.5 Å². The maximum absolute atomic E-state index is 12.3. The lowest BCUT2D eigenvalue weighted by Gasteiger charge is -2.11. The summed E-state index contributed by atoms with van der Waals surface area (Å²) in [6.45, 7) is 0. The summed E-state index contributed by atoms with van der Waals surface area (Å²) in [4.78, 5) is 12.3. The molecule has 21 heavy (non-hydrogen) atoms. The van der Waals surface area contributed by atoms with Crippen molar-refractivity contribution in [3.63, 3.8) is 0 Å². The number of anilines is 1. The minimum Gasteiger partial charge on any atom is -0.496 e. The molecule has 0 aliphatic rings. The van der Waals surface area contributed by atoms with Crippen LogP contribution < -0.4 is 10.1 Å². The SMILES string of the molecule is COc1cc(Br)ccc1C(=O)Nc1ccc(C#N)cc1Br. The number of carbonyl (C=O) groups is 1. The van der Waals surface area contributed by atoms with Crippen molar-refractivity contribution in [3.8, 4) is 11.8 Å². The van der Waals surface area contributed by atoms with Crippen LogP contribution in [0.4, 0.5) is 5.69 Å². The minimum absolute atomic E-state index is 0.287. The third kappa shape index (κ3) is 3.63. The van der Waals surface area contributed by atoms with Gasteiger partial charge in [-0.25, -0.2) is 0 Å². The monoisotopic (exact) mass is 408 g/mol. The third-order valence-corrected chi connectivity index (χ3v) is 3.90. The molecule has 2 aromatic rings. The van der Waals surface area contributed by atoms with Gasteiger partial charge in [0.05, 0.1) is 30.0 Å². The van der Waals surface area contributed by atoms with Gasteiger partial charge in [0.15, 0.2) is 0 Å². The van der Waals surface area contributed by atoms with E-state index in [-0.39, 0.29) is 5.91 Å². The third-order valence-electron chi connectivity index (χ3n) is 2.75. The molecule has 0 saturated heterocycles. The van der Waals surface area contributed by atoms with Crippen LogP contribution in [0.25, 0.3) is 0 Å². The smallest absolute Gasteiger partial charge is 0.259 e. The largest absolute Gasteiger partial charge is 0.496 e. The highest BCUT2D eigenvalue weighted by Crippen LogP contribution is 2.27. The summed E-state index contributed by atoms with van der Waals surface area (Å²) in [5.74, 6) is 0.191. The summed E-state index contributed by atoms with van der Waals surface area (Å²) < 4.78 is 6.68. The molecule has 1 N–H and O–H groups in total. The first-order valence-corrected chi connectivity index (χ1v) is 7.48. The lowest BCUT2D eigenvalue weighted by atomic mass is 10.1. The van der Waals surface area contributed by atoms with Gasteiger partial charge in [-0.2, -0.15) is 5.26 Å². The summed E-state index contributed by atoms with van der Waals surface area (Å²) in [6, 6.07) is 12.2. The van der Waals surface area contributed by atoms with Gasteiger partial charge in [0.25, 0.3) is 5.91 Å². The number of nitriles is 1. The molecule has 2 aromatic carbocycles. The van der Waals surface area contributed by atoms with Crippen LogP contribution in [0.3, 0.4) is 0 Å². The first-order chi connectivity index (χ1) is 10.0. The summed E-state index contributed by atoms with van der Waals surface area (Å²) in [5, 5.41) is 11.6. The van der Waals surface area contributed by atoms with Gasteiger partial charge in [-0.15, -0.1) is 0 Å². The lowest BCUT2D eigenvalue weighted by Crippen LogP contribution is -2.13. The normalized spacial score (nSPS) is 9.81. The standard InChI is InChI=1S/C15H10Br2N2O2/c1-21-14-7-10(16)3-4-11(14)15(20)19-13-5-2-9(8-18)6-12(13)17/h2-7H,1H3,(H,19,20). The van der Waals surface area contributed by atoms with Crippen molar-refractivity contribution in [1.82, 2.24) is 0 Å². The van der Waals surface area contributed by atoms with Crippen LogP contribution in [0.2, 0.25) is 0 Å². The highest BCUT2D eigenvalue weighted by molar-refractivity contribution is 9.10. The average molecular weight is 410 g/mol. The van der Waals surface area contributed by atoms with Crippen molar-refractivity contribution in [2.24, 2.45) is 0 Å². The van der Waals surface area contributed by atoms with Gasteiger partial charge in [0, 0.05) is 8.95 Å². The predicted molar refractivity (Wildman–Crippen MR) is 87.5 cm³/mol. The molecule has 0 unspecified atom stereocenters. The fraction of sp³-hybridized carbons (Fsp3) is 0.0667. The van der Waals surface area contributed by atoms with E-state index in [9.17, 15) is 4.79 Å². The molecule has 0 aromatic heterocycles. The molecule has 0 atom stereocenters. The van der Waals surface area contributed by atoms with E-state index in [0.717, 1.165) is 4.47 Å². The van der Waals surface area contributed by atoms with Crippen molar-refractivity contribution in [2.75, 3.05) is 12.4 Å². The molecule has 0 bridgehead atoms. The number of hydrogen-bond donors (Lipinski definition) is 1. The molecule has 0 spiro atoms. The van der Waals surface area contributed by atoms with E-state index in [1.165, 1.54) is 7.11 Å². The molecule has 6 heteroatoms. The number of nitrogens with zero attached hydrogens (tertiary/aromatic N) is 1. The van der Waals surface area contributed by atoms with Crippen molar-refractivity contribution in [3.05, 3.63) is 56.5 Å². The highest BCUT2D eigenvalue weighted by atomic mass is 79.9. The molecular formula is C15H10Br2N2O2. The van der Waals surface area contributed by atoms with Gasteiger partial charge in [0.1, 0.15) is 5.75 Å². The number of hydrogen-bond acceptors (Lipinski definition) is 3. The Morgan fingerprint density at radius 3 is 2.62 bits per heavy atom. The van der Waals surface area contributed by atoms with Crippen LogP contribution in [0, 0.1) is 11.3 Å². The van der Waals surface area contributed by atoms with Crippen LogP contribution in [0.15, 0.2) is 45.3 Å². The zero-order valence-corrected chi connectivity index (χ0v) is 14.2. The molecule has 0 aliphatic carbocycles. The molecule has 0 aliphatic heterocycles. The first-order valence-electron chi connectivity index (χ1n) is 5.89. The predicted octanol–water partition coefficient (Wildman–Crippen LogP) is 4.34. The lowest BCUT2D eigenvalue weighted by molar-refractivity contribution is 0.102. The summed E-state index contributed by atoms with van der Waals surface area (Å²) in [6.07, 6.45) is 0. The molecule has 4 nitrogen and oxygen atoms in total. The van der Waals surface area contributed by atoms with Crippen molar-refractivity contribution in [1.29, 1.82) is 5.26 Å². The van der Waals surface area contributed by atoms with E-state index in [2.05, 4.69) is 37.2 Å². The van der Waals surface area contributed by atoms with Gasteiger partial charge >= 0.3 is 0 Å². The number of methoxy groups -OCH3 is 1. The van der Waals surface area contributed by atoms with Crippen LogP contribution >= 0.6 is 31.9 Å². The molecule has 1 amide bonds. The van der Waals surface area contributed by atoms with E-state index >= 15 is 0 Å². The molecule has 0 radical (unpaired) electrons. The van der Waals surface area contributed by atoms with Gasteiger partial charge in [0.2, 0.25) is 0 Å². The second-order valence-corrected chi connectivity index (χ2v) is 5.88. The Labute approximate surface area is 139 Å². The average Bonchev–Trinajstić information content (AvgIpc) is 2.48. The number of amides is 1. The van der Waals surface area contributed by atoms with Gasteiger partial charge in [-0.3, -0.25) is 4.79 Å². The molecule has 0 saturated carbocycles. The number of carbonyl (C=O) groups excluding carboxylic acids is 1. The van der Waals surface area contributed by atoms with E-state index in [1.54, 1.807) is 36.4 Å². The zero-order chi connectivity index (χ0) is 15.4. The Kier molecular flexibility index (Phi) is 4.99. The molecular weight excluding hydrogens is 400 g/mol. The summed E-state index contributed by atoms with van der Waals surface area (Å²) in [5.41, 5.74) is 1.53. The van der Waals surface area contributed by atoms with Crippen LogP contribution in [-0.4, -0.2) is 13.0 Å².